The maximum Gasteiger partial charge on any atom is 0.490 e. The smallest absolute Gasteiger partial charge is 0.475 e. The second-order valence-electron chi connectivity index (χ2n) is 4.61. The third-order valence-electron chi connectivity index (χ3n) is 2.83. The van der Waals surface area contributed by atoms with Crippen molar-refractivity contribution in [2.24, 2.45) is 5.73 Å². The maximum atomic E-state index is 10.8. The van der Waals surface area contributed by atoms with Gasteiger partial charge in [-0.25, -0.2) is 4.79 Å². The Morgan fingerprint density at radius 2 is 2.09 bits per heavy atom. The van der Waals surface area contributed by atoms with Gasteiger partial charge < -0.3 is 25.3 Å². The van der Waals surface area contributed by atoms with Gasteiger partial charge in [0.15, 0.2) is 0 Å². The van der Waals surface area contributed by atoms with Gasteiger partial charge in [-0.15, -0.1) is 10.2 Å². The van der Waals surface area contributed by atoms with Crippen LogP contribution >= 0.6 is 0 Å². The molecule has 12 heteroatoms. The van der Waals surface area contributed by atoms with Crippen molar-refractivity contribution in [3.8, 4) is 0 Å². The summed E-state index contributed by atoms with van der Waals surface area (Å²) in [5, 5.41) is 17.8. The monoisotopic (exact) mass is 340 g/mol. The molecular formula is C11H15F3N4O5. The van der Waals surface area contributed by atoms with Gasteiger partial charge in [0.25, 0.3) is 0 Å². The highest BCUT2D eigenvalue weighted by Gasteiger charge is 2.38. The maximum absolute atomic E-state index is 10.8. The summed E-state index contributed by atoms with van der Waals surface area (Å²) in [4.78, 5) is 19.7. The lowest BCUT2D eigenvalue weighted by Crippen LogP contribution is -2.25. The van der Waals surface area contributed by atoms with Crippen LogP contribution in [0.4, 0.5) is 13.2 Å². The van der Waals surface area contributed by atoms with Gasteiger partial charge in [0.2, 0.25) is 5.89 Å². The molecule has 2 heterocycles. The summed E-state index contributed by atoms with van der Waals surface area (Å²) in [6.07, 6.45) is -4.23. The minimum atomic E-state index is -5.08. The molecule has 9 nitrogen and oxygen atoms in total. The highest BCUT2D eigenvalue weighted by atomic mass is 19.4. The first-order chi connectivity index (χ1) is 10.6. The van der Waals surface area contributed by atoms with E-state index in [0.717, 1.165) is 13.0 Å². The zero-order valence-electron chi connectivity index (χ0n) is 12.0. The number of primary amides is 1. The quantitative estimate of drug-likeness (QED) is 0.690. The number of aliphatic carboxylic acids is 1. The number of nitrogens with two attached hydrogens (primary N) is 1. The molecule has 0 bridgehead atoms. The number of nitrogens with one attached hydrogen (secondary N) is 1. The van der Waals surface area contributed by atoms with E-state index in [0.29, 0.717) is 18.5 Å². The molecule has 1 aromatic heterocycles. The van der Waals surface area contributed by atoms with Crippen molar-refractivity contribution in [3.63, 3.8) is 0 Å². The number of alkyl halides is 3. The molecule has 0 saturated carbocycles. The van der Waals surface area contributed by atoms with E-state index in [1.165, 1.54) is 0 Å². The van der Waals surface area contributed by atoms with Crippen LogP contribution in [-0.4, -0.2) is 59.7 Å². The molecule has 0 unspecified atom stereocenters. The highest BCUT2D eigenvalue weighted by Crippen LogP contribution is 2.24. The number of carboxylic acids is 1. The number of halogens is 3. The standard InChI is InChI=1S/C9H14N4O3.C2HF3O2/c1-15-4-6-2-5(3-11-6)8-12-13-9(16-8)7(10)14;3-2(4,5)1(6)7/h5-6,11H,2-4H2,1H3,(H2,10,14);(H,6,7)/t5-,6+;/m1./s1. The molecule has 1 amide bonds. The average Bonchev–Trinajstić information content (AvgIpc) is 3.06. The summed E-state index contributed by atoms with van der Waals surface area (Å²) in [7, 11) is 1.66. The zero-order chi connectivity index (χ0) is 17.6. The van der Waals surface area contributed by atoms with Crippen LogP contribution in [0.15, 0.2) is 4.42 Å². The topological polar surface area (TPSA) is 141 Å². The summed E-state index contributed by atoms with van der Waals surface area (Å²) in [6.45, 7) is 1.39. The first-order valence-corrected chi connectivity index (χ1v) is 6.30. The van der Waals surface area contributed by atoms with Gasteiger partial charge in [0, 0.05) is 19.7 Å². The van der Waals surface area contributed by atoms with Crippen molar-refractivity contribution >= 4 is 11.9 Å². The fraction of sp³-hybridized carbons (Fsp3) is 0.636. The van der Waals surface area contributed by atoms with Crippen LogP contribution in [0.5, 0.6) is 0 Å². The lowest BCUT2D eigenvalue weighted by molar-refractivity contribution is -0.192. The molecule has 4 N–H and O–H groups in total. The Balaban J connectivity index is 0.000000322. The molecule has 0 aromatic carbocycles. The summed E-state index contributed by atoms with van der Waals surface area (Å²) in [5.41, 5.74) is 5.03. The van der Waals surface area contributed by atoms with E-state index in [9.17, 15) is 18.0 Å². The molecule has 1 aliphatic rings. The second kappa shape index (κ2) is 7.87. The van der Waals surface area contributed by atoms with E-state index >= 15 is 0 Å². The number of carbonyl (C=O) groups is 2. The van der Waals surface area contributed by atoms with Crippen molar-refractivity contribution in [1.82, 2.24) is 15.5 Å². The predicted molar refractivity (Wildman–Crippen MR) is 67.5 cm³/mol. The number of ether oxygens (including phenoxy) is 1. The van der Waals surface area contributed by atoms with E-state index < -0.39 is 18.1 Å². The molecule has 0 radical (unpaired) electrons. The Hall–Kier alpha value is -2.21. The van der Waals surface area contributed by atoms with Gasteiger partial charge in [-0.1, -0.05) is 0 Å². The normalized spacial score (nSPS) is 20.7. The molecule has 2 rings (SSSR count). The largest absolute Gasteiger partial charge is 0.490 e. The van der Waals surface area contributed by atoms with E-state index in [1.54, 1.807) is 7.11 Å². The number of amides is 1. The molecule has 0 aliphatic carbocycles. The predicted octanol–water partition coefficient (Wildman–Crippen LogP) is -0.106. The van der Waals surface area contributed by atoms with Crippen molar-refractivity contribution in [2.75, 3.05) is 20.3 Å². The van der Waals surface area contributed by atoms with Gasteiger partial charge >= 0.3 is 23.9 Å². The second-order valence-corrected chi connectivity index (χ2v) is 4.61. The van der Waals surface area contributed by atoms with Crippen LogP contribution < -0.4 is 11.1 Å². The lowest BCUT2D eigenvalue weighted by atomic mass is 10.1. The molecule has 23 heavy (non-hydrogen) atoms. The third-order valence-corrected chi connectivity index (χ3v) is 2.83. The number of methoxy groups -OCH3 is 1. The summed E-state index contributed by atoms with van der Waals surface area (Å²) < 4.78 is 42.0. The van der Waals surface area contributed by atoms with Crippen LogP contribution in [-0.2, 0) is 9.53 Å². The van der Waals surface area contributed by atoms with E-state index in [4.69, 9.17) is 24.8 Å². The Morgan fingerprint density at radius 3 is 2.52 bits per heavy atom. The average molecular weight is 340 g/mol. The fourth-order valence-corrected chi connectivity index (χ4v) is 1.83. The molecule has 2 atom stereocenters. The lowest BCUT2D eigenvalue weighted by Gasteiger charge is -2.06. The number of nitrogens with zero attached hydrogens (tertiary/aromatic N) is 2. The van der Waals surface area contributed by atoms with Gasteiger partial charge in [-0.05, 0) is 6.42 Å². The number of rotatable bonds is 4. The fourth-order valence-electron chi connectivity index (χ4n) is 1.83. The van der Waals surface area contributed by atoms with E-state index in [1.807, 2.05) is 0 Å². The Labute approximate surface area is 128 Å². The molecule has 1 aromatic rings. The van der Waals surface area contributed by atoms with Gasteiger partial charge in [-0.2, -0.15) is 13.2 Å². The van der Waals surface area contributed by atoms with E-state index in [2.05, 4.69) is 15.5 Å². The number of hydrogen-bond donors (Lipinski definition) is 3. The van der Waals surface area contributed by atoms with Crippen LogP contribution in [0.25, 0.3) is 0 Å². The Kier molecular flexibility index (Phi) is 6.45. The van der Waals surface area contributed by atoms with Gasteiger partial charge in [0.1, 0.15) is 0 Å². The summed E-state index contributed by atoms with van der Waals surface area (Å²) in [5.74, 6) is -3.00. The first kappa shape index (κ1) is 18.8. The van der Waals surface area contributed by atoms with Gasteiger partial charge in [-0.3, -0.25) is 4.79 Å². The molecule has 1 fully saturated rings. The third kappa shape index (κ3) is 5.83. The SMILES string of the molecule is COC[C@@H]1C[C@@H](c2nnc(C(N)=O)o2)CN1.O=C(O)C(F)(F)F. The van der Waals surface area contributed by atoms with Crippen molar-refractivity contribution in [3.05, 3.63) is 11.8 Å². The van der Waals surface area contributed by atoms with Crippen LogP contribution in [0, 0.1) is 0 Å². The number of carboxylic acid groups (broad SMARTS) is 1. The summed E-state index contributed by atoms with van der Waals surface area (Å²) in [6, 6.07) is 0.291. The Morgan fingerprint density at radius 1 is 1.48 bits per heavy atom. The molecule has 0 spiro atoms. The molecular weight excluding hydrogens is 325 g/mol. The number of aromatic nitrogens is 2. The van der Waals surface area contributed by atoms with Crippen LogP contribution in [0.1, 0.15) is 28.9 Å². The van der Waals surface area contributed by atoms with E-state index in [-0.39, 0.29) is 11.8 Å². The minimum Gasteiger partial charge on any atom is -0.475 e. The number of carbonyl (C=O) groups excluding carboxylic acids is 1. The van der Waals surface area contributed by atoms with Crippen molar-refractivity contribution < 1.29 is 37.0 Å². The van der Waals surface area contributed by atoms with Crippen LogP contribution in [0.2, 0.25) is 0 Å². The first-order valence-electron chi connectivity index (χ1n) is 6.30. The van der Waals surface area contributed by atoms with Crippen molar-refractivity contribution in [2.45, 2.75) is 24.6 Å². The zero-order valence-corrected chi connectivity index (χ0v) is 12.0. The number of hydrogen-bond acceptors (Lipinski definition) is 7. The molecule has 1 saturated heterocycles. The highest BCUT2D eigenvalue weighted by molar-refractivity contribution is 5.87. The summed E-state index contributed by atoms with van der Waals surface area (Å²) >= 11 is 0. The molecule has 1 aliphatic heterocycles. The van der Waals surface area contributed by atoms with Gasteiger partial charge in [0.05, 0.1) is 12.5 Å². The van der Waals surface area contributed by atoms with Crippen LogP contribution in [0.3, 0.4) is 0 Å². The van der Waals surface area contributed by atoms with Crippen molar-refractivity contribution in [1.29, 1.82) is 0 Å². The minimum absolute atomic E-state index is 0.126. The molecule has 130 valence electrons. The Bertz CT molecular complexity index is 548.